The molecule has 0 radical (unpaired) electrons. The minimum Gasteiger partial charge on any atom is -0.454 e. The van der Waals surface area contributed by atoms with E-state index in [0.717, 1.165) is 53.7 Å². The average Bonchev–Trinajstić information content (AvgIpc) is 3.04. The van der Waals surface area contributed by atoms with Gasteiger partial charge in [-0.05, 0) is 6.07 Å². The van der Waals surface area contributed by atoms with Crippen LogP contribution in [-0.4, -0.2) is 28.2 Å². The largest absolute Gasteiger partial charge is 0.454 e. The summed E-state index contributed by atoms with van der Waals surface area (Å²) in [6.45, 7) is 8.66. The Hall–Kier alpha value is -2.34. The summed E-state index contributed by atoms with van der Waals surface area (Å²) in [6.07, 6.45) is 0.786. The van der Waals surface area contributed by atoms with Gasteiger partial charge in [-0.3, -0.25) is 9.69 Å². The van der Waals surface area contributed by atoms with Gasteiger partial charge in [-0.1, -0.05) is 32.9 Å². The van der Waals surface area contributed by atoms with E-state index >= 15 is 0 Å². The predicted octanol–water partition coefficient (Wildman–Crippen LogP) is 2.35. The molecule has 4 rings (SSSR count). The van der Waals surface area contributed by atoms with Gasteiger partial charge in [-0.15, -0.1) is 0 Å². The zero-order valence-corrected chi connectivity index (χ0v) is 14.9. The van der Waals surface area contributed by atoms with Gasteiger partial charge in [0.1, 0.15) is 5.82 Å². The number of aromatic nitrogens is 2. The number of H-pyrrole nitrogens is 1. The van der Waals surface area contributed by atoms with Crippen molar-refractivity contribution in [2.75, 3.05) is 13.3 Å². The highest BCUT2D eigenvalue weighted by atomic mass is 16.7. The van der Waals surface area contributed by atoms with E-state index in [1.165, 1.54) is 0 Å². The molecule has 0 bridgehead atoms. The highest BCUT2D eigenvalue weighted by molar-refractivity contribution is 5.48. The van der Waals surface area contributed by atoms with Crippen molar-refractivity contribution in [3.8, 4) is 11.5 Å². The van der Waals surface area contributed by atoms with Crippen LogP contribution in [0.3, 0.4) is 0 Å². The lowest BCUT2D eigenvalue weighted by Crippen LogP contribution is -2.37. The fourth-order valence-electron chi connectivity index (χ4n) is 3.33. The minimum absolute atomic E-state index is 0.0162. The second-order valence-electron chi connectivity index (χ2n) is 7.70. The Morgan fingerprint density at radius 3 is 2.92 bits per heavy atom. The standard InChI is InChI=1S/C19H23N3O3/c1-19(2,3)18-20-14-7-8-22(10-13(14)17(23)21-18)9-12-5-4-6-15-16(12)25-11-24-15/h4-6H,7-11H2,1-3H3,(H,20,21,23). The lowest BCUT2D eigenvalue weighted by molar-refractivity contribution is 0.171. The predicted molar refractivity (Wildman–Crippen MR) is 93.9 cm³/mol. The van der Waals surface area contributed by atoms with Crippen molar-refractivity contribution in [3.63, 3.8) is 0 Å². The van der Waals surface area contributed by atoms with Crippen LogP contribution in [-0.2, 0) is 24.9 Å². The monoisotopic (exact) mass is 341 g/mol. The van der Waals surface area contributed by atoms with Gasteiger partial charge >= 0.3 is 0 Å². The summed E-state index contributed by atoms with van der Waals surface area (Å²) in [6, 6.07) is 5.94. The zero-order chi connectivity index (χ0) is 17.6. The second kappa shape index (κ2) is 5.88. The van der Waals surface area contributed by atoms with E-state index in [2.05, 4.69) is 30.7 Å². The normalized spacial score (nSPS) is 16.8. The highest BCUT2D eigenvalue weighted by Crippen LogP contribution is 2.36. The number of para-hydroxylation sites is 1. The van der Waals surface area contributed by atoms with Crippen molar-refractivity contribution in [2.45, 2.75) is 45.7 Å². The number of rotatable bonds is 2. The van der Waals surface area contributed by atoms with Crippen molar-refractivity contribution in [1.29, 1.82) is 0 Å². The molecule has 0 spiro atoms. The maximum Gasteiger partial charge on any atom is 0.255 e. The molecule has 0 atom stereocenters. The SMILES string of the molecule is CC(C)(C)c1nc2c(c(=O)[nH]1)CN(Cc1cccc3c1OCO3)CC2. The molecule has 0 saturated carbocycles. The van der Waals surface area contributed by atoms with E-state index in [-0.39, 0.29) is 17.8 Å². The molecule has 3 heterocycles. The number of ether oxygens (including phenoxy) is 2. The van der Waals surface area contributed by atoms with E-state index in [4.69, 9.17) is 14.5 Å². The summed E-state index contributed by atoms with van der Waals surface area (Å²) in [5.74, 6) is 2.38. The molecule has 1 N–H and O–H groups in total. The van der Waals surface area contributed by atoms with Gasteiger partial charge < -0.3 is 14.5 Å². The summed E-state index contributed by atoms with van der Waals surface area (Å²) in [7, 11) is 0. The Bertz CT molecular complexity index is 867. The molecule has 0 amide bonds. The third-order valence-electron chi connectivity index (χ3n) is 4.73. The van der Waals surface area contributed by atoms with Crippen molar-refractivity contribution in [1.82, 2.24) is 14.9 Å². The minimum atomic E-state index is -0.159. The first kappa shape index (κ1) is 16.1. The number of benzene rings is 1. The molecule has 25 heavy (non-hydrogen) atoms. The second-order valence-corrected chi connectivity index (χ2v) is 7.70. The smallest absolute Gasteiger partial charge is 0.255 e. The van der Waals surface area contributed by atoms with Crippen molar-refractivity contribution < 1.29 is 9.47 Å². The lowest BCUT2D eigenvalue weighted by Gasteiger charge is -2.29. The van der Waals surface area contributed by atoms with Crippen LogP contribution in [0.1, 0.15) is 43.4 Å². The van der Waals surface area contributed by atoms with Crippen LogP contribution < -0.4 is 15.0 Å². The Balaban J connectivity index is 1.58. The van der Waals surface area contributed by atoms with Crippen LogP contribution in [0.2, 0.25) is 0 Å². The van der Waals surface area contributed by atoms with Crippen LogP contribution in [0.15, 0.2) is 23.0 Å². The summed E-state index contributed by atoms with van der Waals surface area (Å²) in [4.78, 5) is 22.5. The zero-order valence-electron chi connectivity index (χ0n) is 14.9. The Morgan fingerprint density at radius 2 is 2.12 bits per heavy atom. The third kappa shape index (κ3) is 3.02. The summed E-state index contributed by atoms with van der Waals surface area (Å²) < 4.78 is 11.0. The van der Waals surface area contributed by atoms with Gasteiger partial charge in [0.25, 0.3) is 5.56 Å². The van der Waals surface area contributed by atoms with Crippen molar-refractivity contribution >= 4 is 0 Å². The molecule has 2 aliphatic rings. The van der Waals surface area contributed by atoms with Crippen molar-refractivity contribution in [2.24, 2.45) is 0 Å². The molecule has 0 aliphatic carbocycles. The molecule has 0 unspecified atom stereocenters. The van der Waals surface area contributed by atoms with Crippen LogP contribution in [0.25, 0.3) is 0 Å². The van der Waals surface area contributed by atoms with Crippen LogP contribution in [0.5, 0.6) is 11.5 Å². The third-order valence-corrected chi connectivity index (χ3v) is 4.73. The summed E-state index contributed by atoms with van der Waals surface area (Å²) in [5, 5.41) is 0. The Kier molecular flexibility index (Phi) is 3.80. The topological polar surface area (TPSA) is 67.5 Å². The van der Waals surface area contributed by atoms with Crippen LogP contribution in [0.4, 0.5) is 0 Å². The first-order valence-electron chi connectivity index (χ1n) is 8.64. The number of nitrogens with one attached hydrogen (secondary N) is 1. The van der Waals surface area contributed by atoms with Gasteiger partial charge in [0.2, 0.25) is 6.79 Å². The molecular formula is C19H23N3O3. The van der Waals surface area contributed by atoms with Gasteiger partial charge in [0, 0.05) is 37.0 Å². The van der Waals surface area contributed by atoms with Gasteiger partial charge in [-0.25, -0.2) is 4.98 Å². The van der Waals surface area contributed by atoms with E-state index < -0.39 is 0 Å². The molecule has 1 aromatic heterocycles. The van der Waals surface area contributed by atoms with Gasteiger partial charge in [0.15, 0.2) is 11.5 Å². The van der Waals surface area contributed by atoms with Gasteiger partial charge in [-0.2, -0.15) is 0 Å². The van der Waals surface area contributed by atoms with E-state index in [9.17, 15) is 4.79 Å². The number of aromatic amines is 1. The summed E-state index contributed by atoms with van der Waals surface area (Å²) >= 11 is 0. The number of hydrogen-bond acceptors (Lipinski definition) is 5. The fraction of sp³-hybridized carbons (Fsp3) is 0.474. The van der Waals surface area contributed by atoms with E-state index in [1.807, 2.05) is 18.2 Å². The molecule has 132 valence electrons. The molecule has 1 aromatic carbocycles. The summed E-state index contributed by atoms with van der Waals surface area (Å²) in [5.41, 5.74) is 2.63. The Morgan fingerprint density at radius 1 is 1.28 bits per heavy atom. The highest BCUT2D eigenvalue weighted by Gasteiger charge is 2.26. The van der Waals surface area contributed by atoms with Crippen molar-refractivity contribution in [3.05, 3.63) is 51.2 Å². The molecule has 6 nitrogen and oxygen atoms in total. The first-order chi connectivity index (χ1) is 11.9. The average molecular weight is 341 g/mol. The van der Waals surface area contributed by atoms with Crippen LogP contribution in [0, 0.1) is 0 Å². The maximum atomic E-state index is 12.5. The Labute approximate surface area is 146 Å². The molecule has 2 aromatic rings. The quantitative estimate of drug-likeness (QED) is 0.908. The molecular weight excluding hydrogens is 318 g/mol. The molecule has 6 heteroatoms. The van der Waals surface area contributed by atoms with E-state index in [0.29, 0.717) is 6.54 Å². The number of nitrogens with zero attached hydrogens (tertiary/aromatic N) is 2. The maximum absolute atomic E-state index is 12.5. The van der Waals surface area contributed by atoms with Gasteiger partial charge in [0.05, 0.1) is 11.3 Å². The lowest BCUT2D eigenvalue weighted by atomic mass is 9.95. The molecule has 0 fully saturated rings. The van der Waals surface area contributed by atoms with E-state index in [1.54, 1.807) is 0 Å². The number of fused-ring (bicyclic) bond motifs is 2. The number of hydrogen-bond donors (Lipinski definition) is 1. The van der Waals surface area contributed by atoms with Crippen LogP contribution >= 0.6 is 0 Å². The first-order valence-corrected chi connectivity index (χ1v) is 8.64. The fourth-order valence-corrected chi connectivity index (χ4v) is 3.33. The molecule has 0 saturated heterocycles. The molecule has 2 aliphatic heterocycles.